The van der Waals surface area contributed by atoms with E-state index in [1.807, 2.05) is 19.0 Å². The number of carbonyl (C=O) groups excluding carboxylic acids is 4. The molecule has 1 amide bonds. The molecule has 9 heteroatoms. The van der Waals surface area contributed by atoms with Crippen molar-refractivity contribution in [2.24, 2.45) is 35.3 Å². The van der Waals surface area contributed by atoms with Crippen LogP contribution in [0.15, 0.2) is 17.7 Å². The summed E-state index contributed by atoms with van der Waals surface area (Å²) in [5.41, 5.74) is 3.95. The molecule has 0 bridgehead atoms. The Morgan fingerprint density at radius 3 is 2.36 bits per heavy atom. The number of phenolic OH excluding ortho intramolecular Hbond substituents is 1. The molecule has 1 unspecified atom stereocenters. The second-order valence-corrected chi connectivity index (χ2v) is 9.82. The number of carbonyl (C=O) groups is 4. The Kier molecular flexibility index (Phi) is 5.16. The number of phenols is 1. The van der Waals surface area contributed by atoms with E-state index in [1.165, 1.54) is 6.07 Å². The van der Waals surface area contributed by atoms with Gasteiger partial charge in [0.15, 0.2) is 23.1 Å². The number of aliphatic hydroxyl groups is 2. The molecule has 0 heterocycles. The lowest BCUT2D eigenvalue weighted by atomic mass is 9.52. The van der Waals surface area contributed by atoms with Gasteiger partial charge in [-0.3, -0.25) is 19.2 Å². The molecular weight excluding hydrogens is 428 g/mol. The van der Waals surface area contributed by atoms with Gasteiger partial charge in [0.2, 0.25) is 11.7 Å². The topological polar surface area (TPSA) is 158 Å². The minimum atomic E-state index is -2.66. The highest BCUT2D eigenvalue weighted by Crippen LogP contribution is 2.54. The predicted molar refractivity (Wildman–Crippen MR) is 118 cm³/mol. The van der Waals surface area contributed by atoms with Gasteiger partial charge in [-0.1, -0.05) is 13.8 Å². The molecule has 0 aromatic heterocycles. The number of rotatable bonds is 3. The molecule has 2 saturated carbocycles. The number of hydrogen-bond donors (Lipinski definition) is 4. The minimum Gasteiger partial charge on any atom is -0.507 e. The maximum atomic E-state index is 13.7. The van der Waals surface area contributed by atoms with Gasteiger partial charge in [0.1, 0.15) is 11.5 Å². The molecule has 9 nitrogen and oxygen atoms in total. The molecule has 3 aliphatic rings. The van der Waals surface area contributed by atoms with Gasteiger partial charge in [-0.05, 0) is 42.4 Å². The fourth-order valence-electron chi connectivity index (χ4n) is 6.04. The number of aliphatic hydroxyl groups excluding tert-OH is 1. The van der Waals surface area contributed by atoms with Crippen LogP contribution < -0.4 is 10.6 Å². The summed E-state index contributed by atoms with van der Waals surface area (Å²) in [7, 11) is 3.62. The quantitative estimate of drug-likeness (QED) is 0.485. The molecule has 2 fully saturated rings. The van der Waals surface area contributed by atoms with Crippen molar-refractivity contribution in [1.29, 1.82) is 0 Å². The molecular formula is C24H28N2O7. The molecule has 33 heavy (non-hydrogen) atoms. The number of Topliss-reactive ketones (excluding diaryl/α,β-unsaturated/α-hetero) is 3. The van der Waals surface area contributed by atoms with E-state index in [0.29, 0.717) is 5.56 Å². The maximum absolute atomic E-state index is 13.7. The molecule has 1 aromatic carbocycles. The minimum absolute atomic E-state index is 0.0778. The van der Waals surface area contributed by atoms with E-state index in [0.717, 1.165) is 5.69 Å². The van der Waals surface area contributed by atoms with Crippen LogP contribution >= 0.6 is 0 Å². The summed E-state index contributed by atoms with van der Waals surface area (Å²) in [6.45, 7) is 3.45. The average Bonchev–Trinajstić information content (AvgIpc) is 2.70. The molecule has 5 N–H and O–H groups in total. The normalized spacial score (nSPS) is 31.3. The first-order valence-corrected chi connectivity index (χ1v) is 10.9. The molecule has 0 radical (unpaired) electrons. The summed E-state index contributed by atoms with van der Waals surface area (Å²) in [4.78, 5) is 53.8. The Labute approximate surface area is 190 Å². The zero-order chi connectivity index (χ0) is 24.6. The lowest BCUT2D eigenvalue weighted by molar-refractivity contribution is -0.177. The zero-order valence-corrected chi connectivity index (χ0v) is 19.0. The maximum Gasteiger partial charge on any atom is 0.235 e. The third kappa shape index (κ3) is 2.95. The van der Waals surface area contributed by atoms with Crippen LogP contribution in [0, 0.1) is 29.6 Å². The average molecular weight is 456 g/mol. The Bertz CT molecular complexity index is 1140. The van der Waals surface area contributed by atoms with Crippen LogP contribution in [0.5, 0.6) is 5.75 Å². The summed E-state index contributed by atoms with van der Waals surface area (Å²) in [6, 6.07) is 3.11. The predicted octanol–water partition coefficient (Wildman–Crippen LogP) is 0.745. The van der Waals surface area contributed by atoms with Crippen molar-refractivity contribution in [3.63, 3.8) is 0 Å². The number of primary amides is 1. The first-order chi connectivity index (χ1) is 15.3. The first-order valence-electron chi connectivity index (χ1n) is 10.9. The number of ketones is 3. The highest BCUT2D eigenvalue weighted by atomic mass is 16.3. The molecule has 3 aliphatic carbocycles. The van der Waals surface area contributed by atoms with Crippen LogP contribution in [0.25, 0.3) is 5.76 Å². The van der Waals surface area contributed by atoms with E-state index < -0.39 is 58.3 Å². The highest BCUT2D eigenvalue weighted by molar-refractivity contribution is 6.32. The Morgan fingerprint density at radius 1 is 1.18 bits per heavy atom. The Balaban J connectivity index is 1.95. The van der Waals surface area contributed by atoms with Crippen LogP contribution in [0.1, 0.15) is 31.4 Å². The molecule has 4 rings (SSSR count). The lowest BCUT2D eigenvalue weighted by Gasteiger charge is -2.50. The highest BCUT2D eigenvalue weighted by Gasteiger charge is 2.67. The van der Waals surface area contributed by atoms with E-state index in [4.69, 9.17) is 5.73 Å². The largest absolute Gasteiger partial charge is 0.507 e. The summed E-state index contributed by atoms with van der Waals surface area (Å²) in [5.74, 6) is -9.74. The second kappa shape index (κ2) is 7.41. The van der Waals surface area contributed by atoms with E-state index >= 15 is 0 Å². The number of aromatic hydroxyl groups is 1. The van der Waals surface area contributed by atoms with Crippen molar-refractivity contribution in [3.8, 4) is 5.75 Å². The molecule has 0 spiro atoms. The van der Waals surface area contributed by atoms with Crippen LogP contribution in [-0.4, -0.2) is 58.3 Å². The van der Waals surface area contributed by atoms with Gasteiger partial charge in [-0.2, -0.15) is 0 Å². The van der Waals surface area contributed by atoms with E-state index in [9.17, 15) is 34.5 Å². The van der Waals surface area contributed by atoms with E-state index in [-0.39, 0.29) is 35.6 Å². The molecule has 0 aliphatic heterocycles. The van der Waals surface area contributed by atoms with Gasteiger partial charge >= 0.3 is 0 Å². The van der Waals surface area contributed by atoms with Crippen molar-refractivity contribution in [1.82, 2.24) is 0 Å². The SMILES string of the molecule is CC(C)[C@@H]1C(=O)C(C(N)=O)C(=O)[C@@]2(O)C(=O)C3=C(O)c4c(O)ccc(N(C)C)c4C[C@H]3C[C@@H]12. The molecule has 176 valence electrons. The number of nitrogens with two attached hydrogens (primary N) is 1. The monoisotopic (exact) mass is 456 g/mol. The van der Waals surface area contributed by atoms with Crippen LogP contribution in [0.3, 0.4) is 0 Å². The van der Waals surface area contributed by atoms with Crippen molar-refractivity contribution in [2.75, 3.05) is 19.0 Å². The van der Waals surface area contributed by atoms with E-state index in [2.05, 4.69) is 0 Å². The van der Waals surface area contributed by atoms with Crippen LogP contribution in [-0.2, 0) is 25.6 Å². The fourth-order valence-corrected chi connectivity index (χ4v) is 6.04. The number of anilines is 1. The van der Waals surface area contributed by atoms with E-state index in [1.54, 1.807) is 19.9 Å². The van der Waals surface area contributed by atoms with Gasteiger partial charge in [0.25, 0.3) is 0 Å². The fraction of sp³-hybridized carbons (Fsp3) is 0.500. The number of hydrogen-bond acceptors (Lipinski definition) is 8. The van der Waals surface area contributed by atoms with Crippen molar-refractivity contribution in [2.45, 2.75) is 32.3 Å². The van der Waals surface area contributed by atoms with Gasteiger partial charge in [-0.25, -0.2) is 0 Å². The van der Waals surface area contributed by atoms with Crippen molar-refractivity contribution >= 4 is 34.7 Å². The second-order valence-electron chi connectivity index (χ2n) is 9.82. The Hall–Kier alpha value is -3.20. The summed E-state index contributed by atoms with van der Waals surface area (Å²) < 4.78 is 0. The summed E-state index contributed by atoms with van der Waals surface area (Å²) in [5, 5.41) is 33.1. The van der Waals surface area contributed by atoms with Crippen molar-refractivity contribution in [3.05, 3.63) is 28.8 Å². The zero-order valence-electron chi connectivity index (χ0n) is 19.0. The summed E-state index contributed by atoms with van der Waals surface area (Å²) in [6.07, 6.45) is 0.344. The smallest absolute Gasteiger partial charge is 0.235 e. The number of amides is 1. The standard InChI is InChI=1S/C24H28N2O7/c1-9(2)15-12-8-10-7-11-13(26(3)4)5-6-14(27)17(11)20(29)16(10)21(30)24(12,33)22(31)18(19(15)28)23(25)32/h5-6,9-10,12,15,18,27,29,33H,7-8H2,1-4H3,(H2,25,32)/t10-,12-,15-,18?,24-/m0/s1. The molecule has 1 aromatic rings. The number of benzene rings is 1. The Morgan fingerprint density at radius 2 is 1.82 bits per heavy atom. The van der Waals surface area contributed by atoms with Gasteiger partial charge in [0, 0.05) is 37.2 Å². The molecule has 0 saturated heterocycles. The van der Waals surface area contributed by atoms with Crippen LogP contribution in [0.4, 0.5) is 5.69 Å². The number of nitrogens with zero attached hydrogens (tertiary/aromatic N) is 1. The van der Waals surface area contributed by atoms with Gasteiger partial charge in [-0.15, -0.1) is 0 Å². The third-order valence-electron chi connectivity index (χ3n) is 7.45. The number of fused-ring (bicyclic) bond motifs is 3. The van der Waals surface area contributed by atoms with Gasteiger partial charge < -0.3 is 26.0 Å². The van der Waals surface area contributed by atoms with Gasteiger partial charge in [0.05, 0.1) is 5.56 Å². The first kappa shape index (κ1) is 23.0. The molecule has 5 atom stereocenters. The van der Waals surface area contributed by atoms with Crippen molar-refractivity contribution < 1.29 is 34.5 Å². The van der Waals surface area contributed by atoms with Crippen LogP contribution in [0.2, 0.25) is 0 Å². The third-order valence-corrected chi connectivity index (χ3v) is 7.45. The lowest BCUT2D eigenvalue weighted by Crippen LogP contribution is -2.69. The summed E-state index contributed by atoms with van der Waals surface area (Å²) >= 11 is 0.